The summed E-state index contributed by atoms with van der Waals surface area (Å²) >= 11 is 4.10. The van der Waals surface area contributed by atoms with Crippen LogP contribution in [-0.4, -0.2) is 70.6 Å². The van der Waals surface area contributed by atoms with Gasteiger partial charge in [-0.25, -0.2) is 4.79 Å². The van der Waals surface area contributed by atoms with Gasteiger partial charge in [-0.15, -0.1) is 0 Å². The number of nitrogens with one attached hydrogen (secondary N) is 1. The molecular weight excluding hydrogens is 560 g/mol. The Morgan fingerprint density at radius 2 is 1.60 bits per heavy atom. The number of benzene rings is 1. The Bertz CT molecular complexity index is 612. The standard InChI is InChI=1S/C15H21I2NO7/c1-18-14-13(17)9(2-7(21)4-19)12(16)10(3-8(22)5-20)15(14)25-6-11(23)24/h7-8,18-22H,2-6H2,1H3,(H,23,24). The maximum absolute atomic E-state index is 10.9. The van der Waals surface area contributed by atoms with E-state index in [2.05, 4.69) is 27.9 Å². The van der Waals surface area contributed by atoms with Crippen molar-refractivity contribution in [1.29, 1.82) is 0 Å². The number of ether oxygens (including phenoxy) is 1. The number of aliphatic hydroxyl groups is 4. The summed E-state index contributed by atoms with van der Waals surface area (Å²) in [5.41, 5.74) is 1.81. The number of aliphatic carboxylic acids is 1. The molecule has 0 bridgehead atoms. The molecule has 0 saturated carbocycles. The first kappa shape index (κ1) is 22.6. The third kappa shape index (κ3) is 6.06. The molecule has 142 valence electrons. The SMILES string of the molecule is CNc1c(I)c(CC(O)CO)c(I)c(CC(O)CO)c1OCC(=O)O. The van der Waals surface area contributed by atoms with Crippen molar-refractivity contribution < 1.29 is 35.1 Å². The van der Waals surface area contributed by atoms with Gasteiger partial charge in [-0.2, -0.15) is 0 Å². The first-order chi connectivity index (χ1) is 11.8. The maximum atomic E-state index is 10.9. The number of carbonyl (C=O) groups is 1. The lowest BCUT2D eigenvalue weighted by molar-refractivity contribution is -0.139. The summed E-state index contributed by atoms with van der Waals surface area (Å²) in [6, 6.07) is 0. The molecular formula is C15H21I2NO7. The first-order valence-electron chi connectivity index (χ1n) is 7.39. The largest absolute Gasteiger partial charge is 0.479 e. The first-order valence-corrected chi connectivity index (χ1v) is 9.55. The fourth-order valence-electron chi connectivity index (χ4n) is 2.26. The highest BCUT2D eigenvalue weighted by Crippen LogP contribution is 2.41. The van der Waals surface area contributed by atoms with E-state index < -0.39 is 38.0 Å². The minimum atomic E-state index is -1.14. The molecule has 0 fully saturated rings. The third-order valence-corrected chi connectivity index (χ3v) is 5.90. The fraction of sp³-hybridized carbons (Fsp3) is 0.533. The van der Waals surface area contributed by atoms with Crippen molar-refractivity contribution in [2.24, 2.45) is 0 Å². The molecule has 0 amide bonds. The minimum Gasteiger partial charge on any atom is -0.479 e. The van der Waals surface area contributed by atoms with Crippen molar-refractivity contribution in [2.75, 3.05) is 32.2 Å². The molecule has 0 aliphatic heterocycles. The molecule has 8 nitrogen and oxygen atoms in total. The summed E-state index contributed by atoms with van der Waals surface area (Å²) in [5, 5.41) is 49.8. The summed E-state index contributed by atoms with van der Waals surface area (Å²) in [7, 11) is 1.65. The van der Waals surface area contributed by atoms with Gasteiger partial charge in [0.1, 0.15) is 5.75 Å². The number of carboxylic acid groups (broad SMARTS) is 1. The smallest absolute Gasteiger partial charge is 0.341 e. The van der Waals surface area contributed by atoms with E-state index >= 15 is 0 Å². The molecule has 1 rings (SSSR count). The van der Waals surface area contributed by atoms with Gasteiger partial charge in [0.2, 0.25) is 0 Å². The zero-order chi connectivity index (χ0) is 19.1. The number of hydrogen-bond acceptors (Lipinski definition) is 7. The highest BCUT2D eigenvalue weighted by Gasteiger charge is 2.25. The van der Waals surface area contributed by atoms with E-state index in [-0.39, 0.29) is 18.6 Å². The molecule has 1 aromatic carbocycles. The van der Waals surface area contributed by atoms with Crippen molar-refractivity contribution in [3.63, 3.8) is 0 Å². The molecule has 0 heterocycles. The minimum absolute atomic E-state index is 0.0531. The second kappa shape index (κ2) is 10.7. The quantitative estimate of drug-likeness (QED) is 0.216. The maximum Gasteiger partial charge on any atom is 0.341 e. The number of carboxylic acids is 1. The van der Waals surface area contributed by atoms with Crippen LogP contribution in [0.3, 0.4) is 0 Å². The lowest BCUT2D eigenvalue weighted by Gasteiger charge is -2.23. The number of halogens is 2. The number of aliphatic hydroxyl groups excluding tert-OH is 4. The van der Waals surface area contributed by atoms with Crippen LogP contribution in [0.4, 0.5) is 5.69 Å². The second-order valence-electron chi connectivity index (χ2n) is 5.30. The number of anilines is 1. The highest BCUT2D eigenvalue weighted by molar-refractivity contribution is 14.1. The van der Waals surface area contributed by atoms with Gasteiger partial charge < -0.3 is 35.6 Å². The third-order valence-electron chi connectivity index (χ3n) is 3.41. The van der Waals surface area contributed by atoms with Gasteiger partial charge in [-0.1, -0.05) is 0 Å². The number of hydrogen-bond donors (Lipinski definition) is 6. The van der Waals surface area contributed by atoms with E-state index in [9.17, 15) is 15.0 Å². The topological polar surface area (TPSA) is 139 Å². The van der Waals surface area contributed by atoms with Crippen LogP contribution in [0.2, 0.25) is 0 Å². The predicted octanol–water partition coefficient (Wildman–Crippen LogP) is 0.192. The summed E-state index contributed by atoms with van der Waals surface area (Å²) in [5.74, 6) is -0.853. The predicted molar refractivity (Wildman–Crippen MR) is 108 cm³/mol. The van der Waals surface area contributed by atoms with Crippen molar-refractivity contribution in [3.8, 4) is 5.75 Å². The van der Waals surface area contributed by atoms with E-state index in [0.717, 1.165) is 9.13 Å². The fourth-order valence-corrected chi connectivity index (χ4v) is 4.73. The molecule has 0 radical (unpaired) electrons. The number of rotatable bonds is 10. The van der Waals surface area contributed by atoms with E-state index in [1.54, 1.807) is 7.05 Å². The lowest BCUT2D eigenvalue weighted by Crippen LogP contribution is -2.22. The second-order valence-corrected chi connectivity index (χ2v) is 7.46. The Labute approximate surface area is 172 Å². The van der Waals surface area contributed by atoms with Crippen LogP contribution in [0.15, 0.2) is 0 Å². The van der Waals surface area contributed by atoms with Gasteiger partial charge in [0.25, 0.3) is 0 Å². The van der Waals surface area contributed by atoms with Gasteiger partial charge in [0.15, 0.2) is 6.61 Å². The molecule has 0 aromatic heterocycles. The van der Waals surface area contributed by atoms with E-state index in [0.29, 0.717) is 14.8 Å². The van der Waals surface area contributed by atoms with Gasteiger partial charge >= 0.3 is 5.97 Å². The van der Waals surface area contributed by atoms with Gasteiger partial charge in [0.05, 0.1) is 31.1 Å². The van der Waals surface area contributed by atoms with Crippen molar-refractivity contribution in [2.45, 2.75) is 25.0 Å². The zero-order valence-electron chi connectivity index (χ0n) is 13.5. The Balaban J connectivity index is 3.53. The summed E-state index contributed by atoms with van der Waals surface area (Å²) in [6.45, 7) is -1.40. The molecule has 2 unspecified atom stereocenters. The van der Waals surface area contributed by atoms with Crippen LogP contribution in [0.25, 0.3) is 0 Å². The molecule has 0 saturated heterocycles. The van der Waals surface area contributed by atoms with Crippen molar-refractivity contribution in [1.82, 2.24) is 0 Å². The van der Waals surface area contributed by atoms with Gasteiger partial charge in [-0.05, 0) is 50.7 Å². The van der Waals surface area contributed by atoms with Crippen LogP contribution in [0, 0.1) is 7.14 Å². The molecule has 0 aliphatic carbocycles. The molecule has 10 heteroatoms. The van der Waals surface area contributed by atoms with Crippen molar-refractivity contribution in [3.05, 3.63) is 18.3 Å². The Hall–Kier alpha value is -0.410. The monoisotopic (exact) mass is 581 g/mol. The average molecular weight is 581 g/mol. The molecule has 2 atom stereocenters. The average Bonchev–Trinajstić information content (AvgIpc) is 2.58. The molecule has 0 spiro atoms. The molecule has 1 aromatic rings. The van der Waals surface area contributed by atoms with E-state index in [4.69, 9.17) is 20.1 Å². The Morgan fingerprint density at radius 3 is 2.04 bits per heavy atom. The van der Waals surface area contributed by atoms with Crippen LogP contribution < -0.4 is 10.1 Å². The lowest BCUT2D eigenvalue weighted by atomic mass is 9.99. The molecule has 0 aliphatic rings. The van der Waals surface area contributed by atoms with Crippen LogP contribution in [0.5, 0.6) is 5.75 Å². The Morgan fingerprint density at radius 1 is 1.08 bits per heavy atom. The molecule has 25 heavy (non-hydrogen) atoms. The van der Waals surface area contributed by atoms with Crippen molar-refractivity contribution >= 4 is 56.8 Å². The van der Waals surface area contributed by atoms with Crippen LogP contribution in [0.1, 0.15) is 11.1 Å². The zero-order valence-corrected chi connectivity index (χ0v) is 17.8. The van der Waals surface area contributed by atoms with Crippen LogP contribution in [-0.2, 0) is 17.6 Å². The molecule has 6 N–H and O–H groups in total. The van der Waals surface area contributed by atoms with Gasteiger partial charge in [0, 0.05) is 32.6 Å². The van der Waals surface area contributed by atoms with E-state index in [1.807, 2.05) is 22.6 Å². The summed E-state index contributed by atoms with van der Waals surface area (Å²) < 4.78 is 6.84. The normalized spacial score (nSPS) is 13.4. The van der Waals surface area contributed by atoms with Crippen LogP contribution >= 0.6 is 45.2 Å². The Kier molecular flexibility index (Phi) is 9.66. The van der Waals surface area contributed by atoms with E-state index in [1.165, 1.54) is 0 Å². The summed E-state index contributed by atoms with van der Waals surface area (Å²) in [4.78, 5) is 10.9. The summed E-state index contributed by atoms with van der Waals surface area (Å²) in [6.07, 6.45) is -1.75. The van der Waals surface area contributed by atoms with Gasteiger partial charge in [-0.3, -0.25) is 0 Å². The highest BCUT2D eigenvalue weighted by atomic mass is 127.